The average molecular weight is 442 g/mol. The number of methoxy groups -OCH3 is 1. The Labute approximate surface area is 184 Å². The zero-order valence-corrected chi connectivity index (χ0v) is 18.5. The molecule has 0 aliphatic rings. The molecule has 2 aromatic carbocycles. The molecule has 0 fully saturated rings. The smallest absolute Gasteiger partial charge is 0.315 e. The summed E-state index contributed by atoms with van der Waals surface area (Å²) in [6, 6.07) is 10.8. The molecule has 0 aliphatic heterocycles. The molecule has 0 saturated carbocycles. The molecule has 9 nitrogen and oxygen atoms in total. The Bertz CT molecular complexity index is 1090. The third-order valence-electron chi connectivity index (χ3n) is 4.44. The molecule has 0 radical (unpaired) electrons. The maximum Gasteiger partial charge on any atom is 0.315 e. The van der Waals surface area contributed by atoms with Gasteiger partial charge in [0.25, 0.3) is 0 Å². The van der Waals surface area contributed by atoms with E-state index < -0.39 is 4.92 Å². The molecule has 0 spiro atoms. The minimum atomic E-state index is -0.491. The molecule has 0 atom stereocenters. The van der Waals surface area contributed by atoms with Gasteiger partial charge < -0.3 is 9.47 Å². The van der Waals surface area contributed by atoms with Gasteiger partial charge in [0.1, 0.15) is 6.61 Å². The third kappa shape index (κ3) is 5.21. The highest BCUT2D eigenvalue weighted by Gasteiger charge is 2.22. The standard InChI is InChI=1S/C21H23N5O4S/c1-5-19-23-24-21(31-4)25(19)22-12-16-10-17(26(27)28)20(18(11-16)29-3)30-13-15-8-6-7-14(2)9-15/h6-12H,5,13H2,1-4H3/b22-12-. The molecular weight excluding hydrogens is 418 g/mol. The number of hydrogen-bond acceptors (Lipinski definition) is 8. The monoisotopic (exact) mass is 441 g/mol. The van der Waals surface area contributed by atoms with Crippen LogP contribution < -0.4 is 9.47 Å². The Morgan fingerprint density at radius 3 is 2.74 bits per heavy atom. The van der Waals surface area contributed by atoms with Crippen LogP contribution in [0, 0.1) is 17.0 Å². The number of nitro benzene ring substituents is 1. The van der Waals surface area contributed by atoms with Crippen LogP contribution >= 0.6 is 11.8 Å². The van der Waals surface area contributed by atoms with Gasteiger partial charge in [0.2, 0.25) is 10.9 Å². The lowest BCUT2D eigenvalue weighted by Crippen LogP contribution is -2.03. The van der Waals surface area contributed by atoms with E-state index in [1.54, 1.807) is 10.7 Å². The van der Waals surface area contributed by atoms with Gasteiger partial charge in [-0.15, -0.1) is 10.2 Å². The number of aryl methyl sites for hydroxylation is 2. The van der Waals surface area contributed by atoms with E-state index in [0.29, 0.717) is 23.0 Å². The van der Waals surface area contributed by atoms with Crippen LogP contribution in [0.1, 0.15) is 29.4 Å². The van der Waals surface area contributed by atoms with Crippen LogP contribution in [0.15, 0.2) is 46.7 Å². The van der Waals surface area contributed by atoms with Crippen molar-refractivity contribution in [2.24, 2.45) is 5.10 Å². The normalized spacial score (nSPS) is 11.1. The number of thioether (sulfide) groups is 1. The summed E-state index contributed by atoms with van der Waals surface area (Å²) in [6.07, 6.45) is 4.05. The fourth-order valence-electron chi connectivity index (χ4n) is 2.96. The molecule has 1 aromatic heterocycles. The highest BCUT2D eigenvalue weighted by Crippen LogP contribution is 2.38. The second-order valence-corrected chi connectivity index (χ2v) is 7.39. The van der Waals surface area contributed by atoms with Gasteiger partial charge >= 0.3 is 5.69 Å². The van der Waals surface area contributed by atoms with E-state index in [2.05, 4.69) is 15.3 Å². The van der Waals surface area contributed by atoms with Crippen LogP contribution in [0.2, 0.25) is 0 Å². The molecule has 0 saturated heterocycles. The lowest BCUT2D eigenvalue weighted by Gasteiger charge is -2.12. The molecule has 3 rings (SSSR count). The summed E-state index contributed by atoms with van der Waals surface area (Å²) < 4.78 is 12.8. The first-order chi connectivity index (χ1) is 15.0. The SMILES string of the molecule is CCc1nnc(SC)n1/N=C\c1cc(OC)c(OCc2cccc(C)c2)c([N+](=O)[O-])c1. The molecule has 1 heterocycles. The molecule has 0 amide bonds. The third-order valence-corrected chi connectivity index (χ3v) is 5.06. The Morgan fingerprint density at radius 2 is 2.10 bits per heavy atom. The number of nitrogens with zero attached hydrogens (tertiary/aromatic N) is 5. The second-order valence-electron chi connectivity index (χ2n) is 6.62. The highest BCUT2D eigenvalue weighted by atomic mass is 32.2. The number of rotatable bonds is 9. The molecule has 0 bridgehead atoms. The Balaban J connectivity index is 1.94. The van der Waals surface area contributed by atoms with E-state index in [0.717, 1.165) is 11.1 Å². The zero-order chi connectivity index (χ0) is 22.4. The summed E-state index contributed by atoms with van der Waals surface area (Å²) in [5.74, 6) is 1.03. The minimum Gasteiger partial charge on any atom is -0.493 e. The van der Waals surface area contributed by atoms with Crippen molar-refractivity contribution in [1.29, 1.82) is 0 Å². The number of benzene rings is 2. The van der Waals surface area contributed by atoms with Crippen molar-refractivity contribution in [3.63, 3.8) is 0 Å². The molecule has 10 heteroatoms. The van der Waals surface area contributed by atoms with Crippen molar-refractivity contribution in [2.75, 3.05) is 13.4 Å². The summed E-state index contributed by atoms with van der Waals surface area (Å²) >= 11 is 1.41. The molecule has 3 aromatic rings. The molecule has 31 heavy (non-hydrogen) atoms. The van der Waals surface area contributed by atoms with Gasteiger partial charge in [-0.2, -0.15) is 9.78 Å². The van der Waals surface area contributed by atoms with Crippen LogP contribution in [0.5, 0.6) is 11.5 Å². The fraction of sp³-hybridized carbons (Fsp3) is 0.286. The lowest BCUT2D eigenvalue weighted by atomic mass is 10.1. The van der Waals surface area contributed by atoms with Gasteiger partial charge in [0, 0.05) is 18.1 Å². The van der Waals surface area contributed by atoms with Gasteiger partial charge in [-0.25, -0.2) is 0 Å². The van der Waals surface area contributed by atoms with Gasteiger partial charge in [-0.3, -0.25) is 10.1 Å². The predicted molar refractivity (Wildman–Crippen MR) is 119 cm³/mol. The largest absolute Gasteiger partial charge is 0.493 e. The van der Waals surface area contributed by atoms with E-state index in [9.17, 15) is 10.1 Å². The van der Waals surface area contributed by atoms with Crippen LogP contribution in [0.25, 0.3) is 0 Å². The summed E-state index contributed by atoms with van der Waals surface area (Å²) in [6.45, 7) is 4.11. The summed E-state index contributed by atoms with van der Waals surface area (Å²) in [4.78, 5) is 11.2. The van der Waals surface area contributed by atoms with Crippen molar-refractivity contribution in [3.8, 4) is 11.5 Å². The van der Waals surface area contributed by atoms with Gasteiger partial charge in [-0.05, 0) is 24.8 Å². The molecule has 0 unspecified atom stereocenters. The summed E-state index contributed by atoms with van der Waals surface area (Å²) in [5, 5.41) is 25.0. The molecule has 0 N–H and O–H groups in total. The second kappa shape index (κ2) is 10.1. The average Bonchev–Trinajstić information content (AvgIpc) is 3.17. The first-order valence-corrected chi connectivity index (χ1v) is 10.8. The number of ether oxygens (including phenoxy) is 2. The van der Waals surface area contributed by atoms with Gasteiger partial charge in [0.05, 0.1) is 18.2 Å². The number of aromatic nitrogens is 3. The number of nitro groups is 1. The van der Waals surface area contributed by atoms with Gasteiger partial charge in [0.15, 0.2) is 11.6 Å². The van der Waals surface area contributed by atoms with Gasteiger partial charge in [-0.1, -0.05) is 48.5 Å². The molecule has 162 valence electrons. The minimum absolute atomic E-state index is 0.0782. The maximum atomic E-state index is 11.7. The quantitative estimate of drug-likeness (QED) is 0.212. The van der Waals surface area contributed by atoms with E-state index in [4.69, 9.17) is 9.47 Å². The van der Waals surface area contributed by atoms with Crippen molar-refractivity contribution >= 4 is 23.7 Å². The van der Waals surface area contributed by atoms with Crippen molar-refractivity contribution < 1.29 is 14.4 Å². The first kappa shape index (κ1) is 22.3. The maximum absolute atomic E-state index is 11.7. The zero-order valence-electron chi connectivity index (χ0n) is 17.7. The molecule has 0 aliphatic carbocycles. The Hall–Kier alpha value is -3.40. The summed E-state index contributed by atoms with van der Waals surface area (Å²) in [7, 11) is 1.44. The summed E-state index contributed by atoms with van der Waals surface area (Å²) in [5.41, 5.74) is 2.29. The van der Waals surface area contributed by atoms with E-state index >= 15 is 0 Å². The Kier molecular flexibility index (Phi) is 7.24. The van der Waals surface area contributed by atoms with Crippen molar-refractivity contribution in [1.82, 2.24) is 14.9 Å². The Morgan fingerprint density at radius 1 is 1.29 bits per heavy atom. The highest BCUT2D eigenvalue weighted by molar-refractivity contribution is 7.98. The number of hydrogen-bond donors (Lipinski definition) is 0. The van der Waals surface area contributed by atoms with Crippen LogP contribution in [0.3, 0.4) is 0 Å². The van der Waals surface area contributed by atoms with E-state index in [1.165, 1.54) is 31.2 Å². The van der Waals surface area contributed by atoms with E-state index in [1.807, 2.05) is 44.4 Å². The fourth-order valence-corrected chi connectivity index (χ4v) is 3.40. The lowest BCUT2D eigenvalue weighted by molar-refractivity contribution is -0.386. The molecular formula is C21H23N5O4S. The van der Waals surface area contributed by atoms with Crippen LogP contribution in [-0.4, -0.2) is 39.4 Å². The van der Waals surface area contributed by atoms with Crippen LogP contribution in [0.4, 0.5) is 5.69 Å². The van der Waals surface area contributed by atoms with Crippen molar-refractivity contribution in [3.05, 3.63) is 69.0 Å². The van der Waals surface area contributed by atoms with Crippen LogP contribution in [-0.2, 0) is 13.0 Å². The van der Waals surface area contributed by atoms with Crippen molar-refractivity contribution in [2.45, 2.75) is 32.0 Å². The topological polar surface area (TPSA) is 105 Å². The predicted octanol–water partition coefficient (Wildman–Crippen LogP) is 4.25. The van der Waals surface area contributed by atoms with E-state index in [-0.39, 0.29) is 23.8 Å². The first-order valence-electron chi connectivity index (χ1n) is 9.54.